The molecule has 2 aromatic rings. The van der Waals surface area contributed by atoms with Crippen molar-refractivity contribution in [2.45, 2.75) is 24.5 Å². The fourth-order valence-corrected chi connectivity index (χ4v) is 5.50. The van der Waals surface area contributed by atoms with Crippen LogP contribution in [-0.4, -0.2) is 49.8 Å². The van der Waals surface area contributed by atoms with Crippen molar-refractivity contribution in [2.24, 2.45) is 11.8 Å². The Morgan fingerprint density at radius 1 is 1.13 bits per heavy atom. The number of ketones is 2. The molecule has 2 aromatic carbocycles. The summed E-state index contributed by atoms with van der Waals surface area (Å²) in [6.07, 6.45) is 3.04. The van der Waals surface area contributed by atoms with E-state index in [1.807, 2.05) is 24.3 Å². The maximum Gasteiger partial charge on any atom is 0.218 e. The number of hydrogen-bond acceptors (Lipinski definition) is 6. The molecule has 152 valence electrons. The van der Waals surface area contributed by atoms with Gasteiger partial charge < -0.3 is 19.1 Å². The summed E-state index contributed by atoms with van der Waals surface area (Å²) in [6.45, 7) is 0.343. The number of rotatable bonds is 3. The number of carbonyl (C=O) groups excluding carboxylic acids is 2. The Morgan fingerprint density at radius 3 is 2.73 bits per heavy atom. The number of benzene rings is 2. The molecule has 30 heavy (non-hydrogen) atoms. The zero-order chi connectivity index (χ0) is 20.4. The van der Waals surface area contributed by atoms with Crippen molar-refractivity contribution in [1.82, 2.24) is 0 Å². The summed E-state index contributed by atoms with van der Waals surface area (Å²) in [5.74, 6) is 0.0442. The molecular formula is C24H21NO5. The molecule has 0 saturated carbocycles. The Balaban J connectivity index is 1.49. The highest BCUT2D eigenvalue weighted by Crippen LogP contribution is 2.51. The molecule has 0 radical (unpaired) electrons. The maximum absolute atomic E-state index is 13.8. The van der Waals surface area contributed by atoms with Crippen LogP contribution in [0.2, 0.25) is 0 Å². The Labute approximate surface area is 174 Å². The molecule has 6 atom stereocenters. The first-order chi connectivity index (χ1) is 14.7. The van der Waals surface area contributed by atoms with Crippen molar-refractivity contribution in [3.63, 3.8) is 0 Å². The molecular weight excluding hydrogens is 382 g/mol. The second kappa shape index (κ2) is 6.52. The second-order valence-corrected chi connectivity index (χ2v) is 8.20. The van der Waals surface area contributed by atoms with Crippen LogP contribution in [0.1, 0.15) is 15.9 Å². The largest absolute Gasteiger partial charge is 0.497 e. The van der Waals surface area contributed by atoms with Crippen LogP contribution in [-0.2, 0) is 14.3 Å². The lowest BCUT2D eigenvalue weighted by Gasteiger charge is -2.35. The Morgan fingerprint density at radius 2 is 1.93 bits per heavy atom. The molecule has 4 heterocycles. The highest BCUT2D eigenvalue weighted by atomic mass is 16.7. The number of fused-ring (bicyclic) bond motifs is 8. The van der Waals surface area contributed by atoms with Gasteiger partial charge >= 0.3 is 0 Å². The topological polar surface area (TPSA) is 65.1 Å². The van der Waals surface area contributed by atoms with Gasteiger partial charge in [-0.2, -0.15) is 0 Å². The molecule has 2 bridgehead atoms. The van der Waals surface area contributed by atoms with E-state index in [1.54, 1.807) is 31.4 Å². The van der Waals surface area contributed by atoms with Crippen LogP contribution in [0.15, 0.2) is 54.6 Å². The van der Waals surface area contributed by atoms with E-state index in [4.69, 9.17) is 14.2 Å². The van der Waals surface area contributed by atoms with Crippen LogP contribution in [0.5, 0.6) is 5.75 Å². The number of carbonyl (C=O) groups is 2. The summed E-state index contributed by atoms with van der Waals surface area (Å²) >= 11 is 0. The molecule has 4 aliphatic heterocycles. The lowest BCUT2D eigenvalue weighted by Crippen LogP contribution is -2.48. The van der Waals surface area contributed by atoms with E-state index in [1.165, 1.54) is 0 Å². The molecule has 3 saturated heterocycles. The Kier molecular flexibility index (Phi) is 3.88. The van der Waals surface area contributed by atoms with Crippen molar-refractivity contribution in [2.75, 3.05) is 18.6 Å². The number of Topliss-reactive ketones (excluding diaryl/α,β-unsaturated/α-hetero) is 2. The van der Waals surface area contributed by atoms with Crippen LogP contribution in [0.25, 0.3) is 6.08 Å². The van der Waals surface area contributed by atoms with Gasteiger partial charge in [0.05, 0.1) is 37.8 Å². The molecule has 6 rings (SSSR count). The van der Waals surface area contributed by atoms with Gasteiger partial charge in [0.1, 0.15) is 5.75 Å². The highest BCUT2D eigenvalue weighted by Gasteiger charge is 2.63. The molecule has 0 amide bonds. The standard InChI is InChI=1S/C24H21NO5/c1-28-15-9-6-14(7-10-15)22(26)21-20-18-12-29-24(30-18)23(27)19(20)17-11-8-13-4-2-3-5-16(13)25(17)21/h2-11,17-21,24H,12H2,1H3/t17-,18-,19-,20+,21+,24+/m1/s1. The number of anilines is 1. The normalized spacial score (nSPS) is 33.1. The smallest absolute Gasteiger partial charge is 0.218 e. The zero-order valence-corrected chi connectivity index (χ0v) is 16.4. The van der Waals surface area contributed by atoms with E-state index in [0.717, 1.165) is 11.3 Å². The lowest BCUT2D eigenvalue weighted by molar-refractivity contribution is -0.163. The fourth-order valence-electron chi connectivity index (χ4n) is 5.50. The van der Waals surface area contributed by atoms with Crippen molar-refractivity contribution >= 4 is 23.3 Å². The monoisotopic (exact) mass is 403 g/mol. The molecule has 0 N–H and O–H groups in total. The molecule has 3 fully saturated rings. The Hall–Kier alpha value is -2.96. The van der Waals surface area contributed by atoms with E-state index in [9.17, 15) is 9.59 Å². The van der Waals surface area contributed by atoms with Gasteiger partial charge in [-0.15, -0.1) is 0 Å². The number of methoxy groups -OCH3 is 1. The third kappa shape index (κ3) is 2.38. The third-order valence-corrected chi connectivity index (χ3v) is 6.80. The number of nitrogens with zero attached hydrogens (tertiary/aromatic N) is 1. The van der Waals surface area contributed by atoms with Crippen molar-refractivity contribution in [3.05, 3.63) is 65.7 Å². The van der Waals surface area contributed by atoms with Gasteiger partial charge in [-0.3, -0.25) is 9.59 Å². The minimum absolute atomic E-state index is 0.0120. The minimum Gasteiger partial charge on any atom is -0.497 e. The quantitative estimate of drug-likeness (QED) is 0.735. The SMILES string of the molecule is COc1ccc(C(=O)[C@@H]2[C@@H]3[C@H](C(=O)[C@H]4OC[C@H]3O4)[C@H]3C=Cc4ccccc4N32)cc1. The molecule has 6 heteroatoms. The highest BCUT2D eigenvalue weighted by molar-refractivity contribution is 6.05. The van der Waals surface area contributed by atoms with E-state index in [-0.39, 0.29) is 35.5 Å². The summed E-state index contributed by atoms with van der Waals surface area (Å²) in [5, 5.41) is 0. The van der Waals surface area contributed by atoms with Crippen LogP contribution in [0, 0.1) is 11.8 Å². The fraction of sp³-hybridized carbons (Fsp3) is 0.333. The lowest BCUT2D eigenvalue weighted by atomic mass is 9.77. The van der Waals surface area contributed by atoms with Gasteiger partial charge in [0.15, 0.2) is 11.6 Å². The summed E-state index contributed by atoms with van der Waals surface area (Å²) in [7, 11) is 1.60. The van der Waals surface area contributed by atoms with Crippen LogP contribution < -0.4 is 9.64 Å². The van der Waals surface area contributed by atoms with Crippen molar-refractivity contribution < 1.29 is 23.8 Å². The first-order valence-electron chi connectivity index (χ1n) is 10.2. The Bertz CT molecular complexity index is 1060. The second-order valence-electron chi connectivity index (χ2n) is 8.20. The minimum atomic E-state index is -0.807. The first-order valence-corrected chi connectivity index (χ1v) is 10.2. The van der Waals surface area contributed by atoms with Crippen molar-refractivity contribution in [1.29, 1.82) is 0 Å². The molecule has 0 aliphatic carbocycles. The third-order valence-electron chi connectivity index (χ3n) is 6.80. The van der Waals surface area contributed by atoms with Crippen molar-refractivity contribution in [3.8, 4) is 5.75 Å². The molecule has 0 spiro atoms. The zero-order valence-electron chi connectivity index (χ0n) is 16.4. The summed E-state index contributed by atoms with van der Waals surface area (Å²) < 4.78 is 16.7. The van der Waals surface area contributed by atoms with E-state index in [2.05, 4.69) is 17.1 Å². The molecule has 0 aromatic heterocycles. The summed E-state index contributed by atoms with van der Waals surface area (Å²) in [5.41, 5.74) is 2.63. The van der Waals surface area contributed by atoms with E-state index < -0.39 is 12.3 Å². The first kappa shape index (κ1) is 17.9. The molecule has 0 unspecified atom stereocenters. The van der Waals surface area contributed by atoms with Gasteiger partial charge in [-0.25, -0.2) is 0 Å². The number of ether oxygens (including phenoxy) is 3. The molecule has 4 aliphatic rings. The van der Waals surface area contributed by atoms with Crippen LogP contribution in [0.3, 0.4) is 0 Å². The summed E-state index contributed by atoms with van der Waals surface area (Å²) in [4.78, 5) is 29.2. The average molecular weight is 403 g/mol. The van der Waals surface area contributed by atoms with Gasteiger partial charge in [0, 0.05) is 17.2 Å². The van der Waals surface area contributed by atoms with Gasteiger partial charge in [-0.05, 0) is 35.9 Å². The number of hydrogen-bond donors (Lipinski definition) is 0. The van der Waals surface area contributed by atoms with Crippen LogP contribution >= 0.6 is 0 Å². The van der Waals surface area contributed by atoms with Gasteiger partial charge in [0.25, 0.3) is 0 Å². The van der Waals surface area contributed by atoms with Gasteiger partial charge in [0.2, 0.25) is 6.29 Å². The van der Waals surface area contributed by atoms with E-state index in [0.29, 0.717) is 17.9 Å². The predicted molar refractivity (Wildman–Crippen MR) is 109 cm³/mol. The van der Waals surface area contributed by atoms with Crippen LogP contribution in [0.4, 0.5) is 5.69 Å². The molecule has 6 nitrogen and oxygen atoms in total. The maximum atomic E-state index is 13.8. The van der Waals surface area contributed by atoms with Gasteiger partial charge in [-0.1, -0.05) is 30.4 Å². The predicted octanol–water partition coefficient (Wildman–Crippen LogP) is 2.72. The van der Waals surface area contributed by atoms with E-state index >= 15 is 0 Å². The summed E-state index contributed by atoms with van der Waals surface area (Å²) in [6, 6.07) is 14.5. The number of para-hydroxylation sites is 1. The average Bonchev–Trinajstić information content (AvgIpc) is 3.38.